The third-order valence-electron chi connectivity index (χ3n) is 3.46. The summed E-state index contributed by atoms with van der Waals surface area (Å²) in [6, 6.07) is 10.8. The van der Waals surface area contributed by atoms with Crippen molar-refractivity contribution in [2.24, 2.45) is 7.05 Å². The standard InChI is InChI=1S/C16H12Cl2N2O/c1-20-8-11(10-4-2-3-5-14(10)20)16(21)9-6-12(17)15(18)13(19)7-9/h2-8H,19H2,1H3. The highest BCUT2D eigenvalue weighted by Gasteiger charge is 2.17. The van der Waals surface area contributed by atoms with Crippen LogP contribution in [0.15, 0.2) is 42.6 Å². The molecule has 0 radical (unpaired) electrons. The molecule has 3 nitrogen and oxygen atoms in total. The third kappa shape index (κ3) is 2.28. The Morgan fingerprint density at radius 2 is 1.90 bits per heavy atom. The molecule has 3 aromatic rings. The van der Waals surface area contributed by atoms with Crippen molar-refractivity contribution in [3.63, 3.8) is 0 Å². The molecule has 0 aliphatic heterocycles. The van der Waals surface area contributed by atoms with Crippen LogP contribution in [0, 0.1) is 0 Å². The molecule has 0 spiro atoms. The number of carbonyl (C=O) groups excluding carboxylic acids is 1. The molecule has 0 aliphatic rings. The van der Waals surface area contributed by atoms with Crippen molar-refractivity contribution in [2.75, 3.05) is 5.73 Å². The topological polar surface area (TPSA) is 48.0 Å². The number of nitrogen functional groups attached to an aromatic ring is 1. The molecular formula is C16H12Cl2N2O. The second kappa shape index (κ2) is 5.10. The van der Waals surface area contributed by atoms with Crippen molar-refractivity contribution in [3.05, 3.63) is 63.8 Å². The summed E-state index contributed by atoms with van der Waals surface area (Å²) in [5, 5.41) is 1.45. The van der Waals surface area contributed by atoms with Crippen molar-refractivity contribution in [1.29, 1.82) is 0 Å². The molecule has 21 heavy (non-hydrogen) atoms. The van der Waals surface area contributed by atoms with E-state index in [4.69, 9.17) is 28.9 Å². The molecule has 2 aromatic carbocycles. The summed E-state index contributed by atoms with van der Waals surface area (Å²) in [6.07, 6.45) is 1.81. The van der Waals surface area contributed by atoms with Gasteiger partial charge in [0.15, 0.2) is 5.78 Å². The zero-order chi connectivity index (χ0) is 15.1. The molecule has 0 amide bonds. The van der Waals surface area contributed by atoms with Crippen LogP contribution in [0.5, 0.6) is 0 Å². The predicted octanol–water partition coefficient (Wildman–Crippen LogP) is 4.30. The number of nitrogens with zero attached hydrogens (tertiary/aromatic N) is 1. The van der Waals surface area contributed by atoms with Crippen LogP contribution < -0.4 is 5.73 Å². The highest BCUT2D eigenvalue weighted by Crippen LogP contribution is 2.31. The lowest BCUT2D eigenvalue weighted by molar-refractivity contribution is 0.104. The number of nitrogens with two attached hydrogens (primary N) is 1. The SMILES string of the molecule is Cn1cc(C(=O)c2cc(N)c(Cl)c(Cl)c2)c2ccccc21. The average Bonchev–Trinajstić information content (AvgIpc) is 2.81. The van der Waals surface area contributed by atoms with Gasteiger partial charge in [-0.15, -0.1) is 0 Å². The monoisotopic (exact) mass is 318 g/mol. The molecule has 0 saturated heterocycles. The van der Waals surface area contributed by atoms with Crippen LogP contribution >= 0.6 is 23.2 Å². The van der Waals surface area contributed by atoms with Gasteiger partial charge in [-0.2, -0.15) is 0 Å². The Balaban J connectivity index is 2.17. The first-order valence-corrected chi connectivity index (χ1v) is 7.08. The lowest BCUT2D eigenvalue weighted by atomic mass is 10.0. The molecule has 1 aromatic heterocycles. The zero-order valence-corrected chi connectivity index (χ0v) is 12.7. The van der Waals surface area contributed by atoms with E-state index in [0.717, 1.165) is 10.9 Å². The van der Waals surface area contributed by atoms with E-state index >= 15 is 0 Å². The van der Waals surface area contributed by atoms with Gasteiger partial charge in [0.25, 0.3) is 0 Å². The summed E-state index contributed by atoms with van der Waals surface area (Å²) in [4.78, 5) is 12.7. The van der Waals surface area contributed by atoms with Crippen LogP contribution in [0.4, 0.5) is 5.69 Å². The van der Waals surface area contributed by atoms with Gasteiger partial charge in [0.1, 0.15) is 0 Å². The number of para-hydroxylation sites is 1. The van der Waals surface area contributed by atoms with Crippen molar-refractivity contribution in [1.82, 2.24) is 4.57 Å². The highest BCUT2D eigenvalue weighted by molar-refractivity contribution is 6.44. The van der Waals surface area contributed by atoms with Gasteiger partial charge in [-0.3, -0.25) is 4.79 Å². The van der Waals surface area contributed by atoms with Gasteiger partial charge in [0.2, 0.25) is 0 Å². The third-order valence-corrected chi connectivity index (χ3v) is 4.28. The largest absolute Gasteiger partial charge is 0.397 e. The van der Waals surface area contributed by atoms with Gasteiger partial charge in [-0.1, -0.05) is 41.4 Å². The molecule has 0 aliphatic carbocycles. The predicted molar refractivity (Wildman–Crippen MR) is 87.2 cm³/mol. The lowest BCUT2D eigenvalue weighted by Crippen LogP contribution is -2.02. The van der Waals surface area contributed by atoms with Gasteiger partial charge in [-0.25, -0.2) is 0 Å². The number of fused-ring (bicyclic) bond motifs is 1. The second-order valence-electron chi connectivity index (χ2n) is 4.86. The van der Waals surface area contributed by atoms with E-state index in [1.165, 1.54) is 0 Å². The maximum Gasteiger partial charge on any atom is 0.195 e. The van der Waals surface area contributed by atoms with E-state index in [-0.39, 0.29) is 15.8 Å². The van der Waals surface area contributed by atoms with E-state index in [0.29, 0.717) is 16.8 Å². The first-order chi connectivity index (χ1) is 9.99. The summed E-state index contributed by atoms with van der Waals surface area (Å²) in [5.74, 6) is -0.128. The Kier molecular flexibility index (Phi) is 3.40. The Morgan fingerprint density at radius 1 is 1.19 bits per heavy atom. The van der Waals surface area contributed by atoms with Crippen LogP contribution in [-0.2, 0) is 7.05 Å². The fraction of sp³-hybridized carbons (Fsp3) is 0.0625. The van der Waals surface area contributed by atoms with E-state index in [1.807, 2.05) is 42.1 Å². The van der Waals surface area contributed by atoms with E-state index < -0.39 is 0 Å². The number of aromatic nitrogens is 1. The average molecular weight is 319 g/mol. The van der Waals surface area contributed by atoms with Crippen LogP contribution in [0.3, 0.4) is 0 Å². The van der Waals surface area contributed by atoms with Gasteiger partial charge >= 0.3 is 0 Å². The fourth-order valence-corrected chi connectivity index (χ4v) is 2.76. The summed E-state index contributed by atoms with van der Waals surface area (Å²) in [7, 11) is 1.91. The smallest absolute Gasteiger partial charge is 0.195 e. The Bertz CT molecular complexity index is 845. The van der Waals surface area contributed by atoms with Crippen molar-refractivity contribution < 1.29 is 4.79 Å². The van der Waals surface area contributed by atoms with Crippen LogP contribution in [-0.4, -0.2) is 10.4 Å². The van der Waals surface area contributed by atoms with Crippen molar-refractivity contribution >= 4 is 45.6 Å². The molecule has 0 unspecified atom stereocenters. The zero-order valence-electron chi connectivity index (χ0n) is 11.2. The molecule has 0 saturated carbocycles. The molecule has 5 heteroatoms. The first kappa shape index (κ1) is 14.0. The summed E-state index contributed by atoms with van der Waals surface area (Å²) in [6.45, 7) is 0. The summed E-state index contributed by atoms with van der Waals surface area (Å²) >= 11 is 11.9. The maximum absolute atomic E-state index is 12.7. The van der Waals surface area contributed by atoms with Gasteiger partial charge in [0, 0.05) is 35.3 Å². The number of carbonyl (C=O) groups is 1. The minimum absolute atomic E-state index is 0.128. The van der Waals surface area contributed by atoms with E-state index in [1.54, 1.807) is 12.1 Å². The van der Waals surface area contributed by atoms with E-state index in [2.05, 4.69) is 0 Å². The number of hydrogen-bond donors (Lipinski definition) is 1. The molecular weight excluding hydrogens is 307 g/mol. The normalized spacial score (nSPS) is 11.0. The molecule has 0 atom stereocenters. The maximum atomic E-state index is 12.7. The molecule has 106 valence electrons. The minimum atomic E-state index is -0.128. The number of rotatable bonds is 2. The second-order valence-corrected chi connectivity index (χ2v) is 5.65. The van der Waals surface area contributed by atoms with Crippen LogP contribution in [0.2, 0.25) is 10.0 Å². The first-order valence-electron chi connectivity index (χ1n) is 6.32. The Labute approximate surface area is 131 Å². The number of anilines is 1. The summed E-state index contributed by atoms with van der Waals surface area (Å²) < 4.78 is 1.92. The van der Waals surface area contributed by atoms with Gasteiger partial charge in [0.05, 0.1) is 15.7 Å². The lowest BCUT2D eigenvalue weighted by Gasteiger charge is -2.05. The molecule has 2 N–H and O–H groups in total. The fourth-order valence-electron chi connectivity index (χ4n) is 2.42. The highest BCUT2D eigenvalue weighted by atomic mass is 35.5. The van der Waals surface area contributed by atoms with Gasteiger partial charge in [-0.05, 0) is 18.2 Å². The van der Waals surface area contributed by atoms with Crippen molar-refractivity contribution in [2.45, 2.75) is 0 Å². The molecule has 0 bridgehead atoms. The number of ketones is 1. The Morgan fingerprint density at radius 3 is 2.62 bits per heavy atom. The number of aryl methyl sites for hydroxylation is 1. The minimum Gasteiger partial charge on any atom is -0.397 e. The van der Waals surface area contributed by atoms with Crippen LogP contribution in [0.1, 0.15) is 15.9 Å². The number of hydrogen-bond acceptors (Lipinski definition) is 2. The number of benzene rings is 2. The molecule has 3 rings (SSSR count). The van der Waals surface area contributed by atoms with Gasteiger partial charge < -0.3 is 10.3 Å². The summed E-state index contributed by atoms with van der Waals surface area (Å²) in [5.41, 5.74) is 8.12. The molecule has 1 heterocycles. The van der Waals surface area contributed by atoms with Crippen molar-refractivity contribution in [3.8, 4) is 0 Å². The van der Waals surface area contributed by atoms with E-state index in [9.17, 15) is 4.79 Å². The Hall–Kier alpha value is -1.97. The molecule has 0 fully saturated rings. The quantitative estimate of drug-likeness (QED) is 0.565. The number of halogens is 2. The van der Waals surface area contributed by atoms with Crippen LogP contribution in [0.25, 0.3) is 10.9 Å².